The highest BCUT2D eigenvalue weighted by Gasteiger charge is 2.50. The van der Waals surface area contributed by atoms with Crippen LogP contribution in [0, 0.1) is 11.6 Å². The Balaban J connectivity index is -0.0000000839. The number of benzene rings is 5. The van der Waals surface area contributed by atoms with Crippen LogP contribution < -0.4 is 0 Å². The van der Waals surface area contributed by atoms with E-state index in [4.69, 9.17) is 20.4 Å². The van der Waals surface area contributed by atoms with Crippen LogP contribution in [0.25, 0.3) is 0 Å². The van der Waals surface area contributed by atoms with E-state index in [1.165, 1.54) is 66.9 Å². The highest BCUT2D eigenvalue weighted by Crippen LogP contribution is 2.43. The van der Waals surface area contributed by atoms with Gasteiger partial charge in [0.15, 0.2) is 17.4 Å². The van der Waals surface area contributed by atoms with E-state index in [1.807, 2.05) is 57.2 Å². The maximum absolute atomic E-state index is 13.0. The van der Waals surface area contributed by atoms with Gasteiger partial charge in [-0.1, -0.05) is 206 Å². The third-order valence-corrected chi connectivity index (χ3v) is 12.6. The Morgan fingerprint density at radius 1 is 0.392 bits per heavy atom. The summed E-state index contributed by atoms with van der Waals surface area (Å²) in [5, 5.41) is 45.3. The van der Waals surface area contributed by atoms with Crippen LogP contribution in [0.4, 0.5) is 22.0 Å². The summed E-state index contributed by atoms with van der Waals surface area (Å²) in [4.78, 5) is 0. The summed E-state index contributed by atoms with van der Waals surface area (Å²) >= 11 is 0. The molecule has 0 aliphatic heterocycles. The number of alkyl halides is 3. The molecule has 0 saturated heterocycles. The number of phenolic OH excluding ortho intramolecular Hbond substituents is 5. The maximum Gasteiger partial charge on any atom is 0.398 e. The lowest BCUT2D eigenvalue weighted by Crippen LogP contribution is -2.38. The summed E-state index contributed by atoms with van der Waals surface area (Å²) < 4.78 is 64.5. The number of aromatic hydroxyl groups is 5. The van der Waals surface area contributed by atoms with Crippen molar-refractivity contribution in [1.29, 1.82) is 0 Å². The van der Waals surface area contributed by atoms with Crippen molar-refractivity contribution in [3.8, 4) is 28.7 Å². The number of phenols is 5. The van der Waals surface area contributed by atoms with Crippen LogP contribution in [-0.2, 0) is 21.7 Å². The highest BCUT2D eigenvalue weighted by molar-refractivity contribution is 5.35. The molecule has 0 aliphatic rings. The third kappa shape index (κ3) is 27.9. The SMILES string of the molecule is C.C.C.C.C.C.C.C.C.C.CCC(C)(C)c1cc(F)c(O)c(F)c1.CCC(C)(C)c1ccc(O)cc1.CCC(C)(C)c1cccc(O)c1.CCC(C)(c1ccc(O)cc1)C(F)(F)F.CCC(C)c1ccc(O)cc1. The van der Waals surface area contributed by atoms with Crippen molar-refractivity contribution in [2.75, 3.05) is 0 Å². The van der Waals surface area contributed by atoms with Gasteiger partial charge in [0.1, 0.15) is 23.0 Å². The third-order valence-electron chi connectivity index (χ3n) is 12.6. The number of halogens is 5. The number of hydrogen-bond donors (Lipinski definition) is 5. The van der Waals surface area contributed by atoms with Gasteiger partial charge in [-0.2, -0.15) is 13.2 Å². The molecule has 2 atom stereocenters. The van der Waals surface area contributed by atoms with Crippen molar-refractivity contribution in [2.45, 2.75) is 230 Å². The minimum Gasteiger partial charge on any atom is -0.508 e. The maximum atomic E-state index is 13.0. The molecule has 0 aliphatic carbocycles. The van der Waals surface area contributed by atoms with Gasteiger partial charge in [-0.25, -0.2) is 8.78 Å². The van der Waals surface area contributed by atoms with Gasteiger partial charge in [-0.05, 0) is 150 Å². The van der Waals surface area contributed by atoms with Crippen LogP contribution in [0.2, 0.25) is 0 Å². The van der Waals surface area contributed by atoms with Gasteiger partial charge in [0, 0.05) is 0 Å². The fourth-order valence-electron chi connectivity index (χ4n) is 5.84. The first-order chi connectivity index (χ1) is 29.5. The van der Waals surface area contributed by atoms with Gasteiger partial charge in [0.25, 0.3) is 0 Å². The van der Waals surface area contributed by atoms with E-state index >= 15 is 0 Å². The van der Waals surface area contributed by atoms with Gasteiger partial charge < -0.3 is 25.5 Å². The molecule has 74 heavy (non-hydrogen) atoms. The van der Waals surface area contributed by atoms with Gasteiger partial charge >= 0.3 is 6.18 Å². The van der Waals surface area contributed by atoms with E-state index in [0.29, 0.717) is 28.7 Å². The fourth-order valence-corrected chi connectivity index (χ4v) is 5.84. The van der Waals surface area contributed by atoms with Crippen LogP contribution in [0.3, 0.4) is 0 Å². The average molecular weight is 1060 g/mol. The first-order valence-corrected chi connectivity index (χ1v) is 22.0. The Morgan fingerprint density at radius 2 is 0.716 bits per heavy atom. The van der Waals surface area contributed by atoms with E-state index in [-0.39, 0.29) is 108 Å². The normalized spacial score (nSPS) is 11.2. The minimum atomic E-state index is -4.28. The van der Waals surface area contributed by atoms with Crippen LogP contribution in [0.1, 0.15) is 230 Å². The van der Waals surface area contributed by atoms with Crippen molar-refractivity contribution < 1.29 is 47.5 Å². The predicted molar refractivity (Wildman–Crippen MR) is 320 cm³/mol. The first kappa shape index (κ1) is 91.4. The highest BCUT2D eigenvalue weighted by atomic mass is 19.4. The molecule has 5 rings (SSSR count). The number of hydrogen-bond acceptors (Lipinski definition) is 5. The molecule has 434 valence electrons. The molecule has 0 amide bonds. The summed E-state index contributed by atoms with van der Waals surface area (Å²) in [6, 6.07) is 29.9. The monoisotopic (exact) mass is 1060 g/mol. The van der Waals surface area contributed by atoms with Crippen LogP contribution >= 0.6 is 0 Å². The summed E-state index contributed by atoms with van der Waals surface area (Å²) in [6.45, 7) is 25.9. The van der Waals surface area contributed by atoms with Gasteiger partial charge in [0.2, 0.25) is 0 Å². The van der Waals surface area contributed by atoms with Gasteiger partial charge in [-0.3, -0.25) is 0 Å². The van der Waals surface area contributed by atoms with E-state index in [1.54, 1.807) is 30.3 Å². The Bertz CT molecular complexity index is 2090. The molecular weight excluding hydrogens is 944 g/mol. The van der Waals surface area contributed by atoms with E-state index in [2.05, 4.69) is 61.5 Å². The molecule has 5 aromatic carbocycles. The molecule has 5 N–H and O–H groups in total. The van der Waals surface area contributed by atoms with Crippen LogP contribution in [0.15, 0.2) is 109 Å². The standard InChI is InChI=1S/C11H13F3O.C11H14F2O.2C11H16O.C10H14O.10CH4/c1-3-10(2,11(12,13)14)8-4-6-9(15)7-5-8;1-4-11(2,3)7-5-8(12)10(14)9(13)6-7;1-4-11(2,3)9-5-7-10(12)8-6-9;1-4-11(2,3)9-6-5-7-10(12)8-9;1-3-8(2)9-4-6-10(11)7-5-9;;;;;;;;;;/h4-7,15H,3H2,1-2H3;5-6,14H,4H2,1-3H3;2*5-8,12H,4H2,1-3H3;4-8,11H,3H2,1-2H3;10*1H4. The predicted octanol–water partition coefficient (Wildman–Crippen LogP) is 22.4. The average Bonchev–Trinajstić information content (AvgIpc) is 3.26. The van der Waals surface area contributed by atoms with E-state index in [9.17, 15) is 27.1 Å². The Morgan fingerprint density at radius 3 is 1.03 bits per heavy atom. The fraction of sp³-hybridized carbons (Fsp3) is 0.531. The molecule has 5 aromatic rings. The molecule has 5 nitrogen and oxygen atoms in total. The van der Waals surface area contributed by atoms with Gasteiger partial charge in [-0.15, -0.1) is 0 Å². The zero-order valence-corrected chi connectivity index (χ0v) is 40.1. The lowest BCUT2D eigenvalue weighted by molar-refractivity contribution is -0.186. The number of rotatable bonds is 10. The van der Waals surface area contributed by atoms with Crippen molar-refractivity contribution in [1.82, 2.24) is 0 Å². The van der Waals surface area contributed by atoms with Crippen molar-refractivity contribution in [3.05, 3.63) is 149 Å². The van der Waals surface area contributed by atoms with Crippen molar-refractivity contribution in [2.24, 2.45) is 0 Å². The second-order valence-corrected chi connectivity index (χ2v) is 18.2. The lowest BCUT2D eigenvalue weighted by atomic mass is 9.79. The second kappa shape index (κ2) is 40.1. The summed E-state index contributed by atoms with van der Waals surface area (Å²) in [7, 11) is 0. The lowest BCUT2D eigenvalue weighted by Gasteiger charge is -2.31. The quantitative estimate of drug-likeness (QED) is 0.0897. The summed E-state index contributed by atoms with van der Waals surface area (Å²) in [5.41, 5.74) is 2.77. The van der Waals surface area contributed by atoms with Gasteiger partial charge in [0.05, 0.1) is 5.41 Å². The second-order valence-electron chi connectivity index (χ2n) is 18.2. The molecule has 2 unspecified atom stereocenters. The van der Waals surface area contributed by atoms with Crippen molar-refractivity contribution >= 4 is 0 Å². The molecule has 0 heterocycles. The summed E-state index contributed by atoms with van der Waals surface area (Å²) in [5.74, 6) is -1.10. The molecule has 0 fully saturated rings. The van der Waals surface area contributed by atoms with E-state index in [0.717, 1.165) is 25.7 Å². The smallest absolute Gasteiger partial charge is 0.398 e. The molecule has 10 heteroatoms. The molecule has 0 aromatic heterocycles. The molecule has 0 spiro atoms. The summed E-state index contributed by atoms with van der Waals surface area (Å²) in [6.07, 6.45) is -0.199. The topological polar surface area (TPSA) is 101 Å². The molecule has 0 bridgehead atoms. The molecular formula is C64H113F5O5. The molecule has 0 radical (unpaired) electrons. The largest absolute Gasteiger partial charge is 0.508 e. The van der Waals surface area contributed by atoms with Crippen LogP contribution in [-0.4, -0.2) is 31.7 Å². The zero-order chi connectivity index (χ0) is 49.3. The Hall–Kier alpha value is -5.25. The van der Waals surface area contributed by atoms with Crippen LogP contribution in [0.5, 0.6) is 28.7 Å². The molecule has 0 saturated carbocycles. The Labute approximate surface area is 453 Å². The van der Waals surface area contributed by atoms with E-state index < -0.39 is 29.0 Å². The Kier molecular flexibility index (Phi) is 49.6. The van der Waals surface area contributed by atoms with Crippen molar-refractivity contribution in [3.63, 3.8) is 0 Å². The first-order valence-electron chi connectivity index (χ1n) is 22.0. The minimum absolute atomic E-state index is 0. The zero-order valence-electron chi connectivity index (χ0n) is 40.1.